The second kappa shape index (κ2) is 10.7. The highest BCUT2D eigenvalue weighted by molar-refractivity contribution is 5.98. The number of anilines is 3. The molecule has 2 aliphatic heterocycles. The van der Waals surface area contributed by atoms with Gasteiger partial charge in [0.1, 0.15) is 11.6 Å². The highest BCUT2D eigenvalue weighted by Gasteiger charge is 2.28. The van der Waals surface area contributed by atoms with Gasteiger partial charge in [-0.25, -0.2) is 4.98 Å². The van der Waals surface area contributed by atoms with Gasteiger partial charge in [0.2, 0.25) is 5.91 Å². The van der Waals surface area contributed by atoms with E-state index in [1.54, 1.807) is 18.0 Å². The van der Waals surface area contributed by atoms with E-state index >= 15 is 0 Å². The molecule has 0 aliphatic carbocycles. The number of aromatic nitrogens is 1. The van der Waals surface area contributed by atoms with E-state index in [2.05, 4.69) is 33.8 Å². The summed E-state index contributed by atoms with van der Waals surface area (Å²) in [7, 11) is 1.80. The SMILES string of the molecule is C=CC(=O)N(C)C1CCN(c2ccc(C(N)=O)c(Nc3ccc(CCN4CCCC4)cc3)n2)C1. The van der Waals surface area contributed by atoms with Crippen molar-refractivity contribution in [2.24, 2.45) is 5.73 Å². The number of carbonyl (C=O) groups excluding carboxylic acids is 2. The Bertz CT molecular complexity index is 1030. The van der Waals surface area contributed by atoms with Gasteiger partial charge in [0.05, 0.1) is 11.6 Å². The quantitative estimate of drug-likeness (QED) is 0.557. The smallest absolute Gasteiger partial charge is 0.252 e. The molecule has 1 aromatic heterocycles. The summed E-state index contributed by atoms with van der Waals surface area (Å²) in [5.74, 6) is 0.569. The van der Waals surface area contributed by atoms with E-state index in [0.29, 0.717) is 17.9 Å². The maximum absolute atomic E-state index is 12.0. The van der Waals surface area contributed by atoms with Crippen LogP contribution in [0.25, 0.3) is 0 Å². The second-order valence-electron chi connectivity index (χ2n) is 9.09. The highest BCUT2D eigenvalue weighted by Crippen LogP contribution is 2.26. The molecular weight excluding hydrogens is 428 g/mol. The number of carbonyl (C=O) groups is 2. The number of benzene rings is 1. The number of pyridine rings is 1. The van der Waals surface area contributed by atoms with Gasteiger partial charge in [-0.15, -0.1) is 0 Å². The van der Waals surface area contributed by atoms with E-state index in [4.69, 9.17) is 10.7 Å². The molecule has 2 fully saturated rings. The monoisotopic (exact) mass is 462 g/mol. The molecule has 180 valence electrons. The Labute approximate surface area is 201 Å². The Balaban J connectivity index is 1.44. The molecule has 2 saturated heterocycles. The number of nitrogens with zero attached hydrogens (tertiary/aromatic N) is 4. The van der Waals surface area contributed by atoms with Crippen molar-refractivity contribution in [1.29, 1.82) is 0 Å². The summed E-state index contributed by atoms with van der Waals surface area (Å²) in [6.07, 6.45) is 5.82. The number of likely N-dealkylation sites (N-methyl/N-ethyl adjacent to an activating group) is 1. The predicted molar refractivity (Wildman–Crippen MR) is 135 cm³/mol. The van der Waals surface area contributed by atoms with Gasteiger partial charge in [0.25, 0.3) is 5.91 Å². The van der Waals surface area contributed by atoms with Crippen LogP contribution in [0.15, 0.2) is 49.1 Å². The maximum Gasteiger partial charge on any atom is 0.252 e. The number of amides is 2. The van der Waals surface area contributed by atoms with Crippen molar-refractivity contribution in [2.75, 3.05) is 50.0 Å². The van der Waals surface area contributed by atoms with Crippen LogP contribution < -0.4 is 16.0 Å². The lowest BCUT2D eigenvalue weighted by molar-refractivity contribution is -0.126. The number of primary amides is 1. The highest BCUT2D eigenvalue weighted by atomic mass is 16.2. The van der Waals surface area contributed by atoms with Crippen molar-refractivity contribution in [3.05, 3.63) is 60.2 Å². The Hall–Kier alpha value is -3.39. The van der Waals surface area contributed by atoms with Gasteiger partial charge in [-0.2, -0.15) is 0 Å². The molecule has 1 atom stereocenters. The molecule has 0 bridgehead atoms. The molecule has 3 heterocycles. The molecule has 0 saturated carbocycles. The van der Waals surface area contributed by atoms with E-state index in [1.165, 1.54) is 37.6 Å². The summed E-state index contributed by atoms with van der Waals surface area (Å²) < 4.78 is 0. The standard InChI is InChI=1S/C26H34N6O2/c1-3-24(33)30(2)21-13-17-32(18-21)23-11-10-22(25(27)34)26(29-23)28-20-8-6-19(7-9-20)12-16-31-14-4-5-15-31/h3,6-11,21H,1,4-5,12-18H2,2H3,(H2,27,34)(H,28,29). The molecule has 2 aromatic rings. The molecule has 3 N–H and O–H groups in total. The topological polar surface area (TPSA) is 94.8 Å². The molecule has 0 radical (unpaired) electrons. The Kier molecular flexibility index (Phi) is 7.47. The zero-order valence-electron chi connectivity index (χ0n) is 19.9. The minimum Gasteiger partial charge on any atom is -0.365 e. The van der Waals surface area contributed by atoms with Crippen molar-refractivity contribution >= 4 is 29.1 Å². The zero-order valence-corrected chi connectivity index (χ0v) is 19.9. The lowest BCUT2D eigenvalue weighted by Gasteiger charge is -2.24. The van der Waals surface area contributed by atoms with Gasteiger partial charge >= 0.3 is 0 Å². The Morgan fingerprint density at radius 2 is 1.91 bits per heavy atom. The van der Waals surface area contributed by atoms with Gasteiger partial charge in [-0.3, -0.25) is 9.59 Å². The molecule has 1 unspecified atom stereocenters. The van der Waals surface area contributed by atoms with Gasteiger partial charge in [-0.05, 0) is 74.7 Å². The molecule has 2 aliphatic rings. The number of hydrogen-bond acceptors (Lipinski definition) is 6. The van der Waals surface area contributed by atoms with Crippen molar-refractivity contribution in [3.8, 4) is 0 Å². The molecule has 34 heavy (non-hydrogen) atoms. The summed E-state index contributed by atoms with van der Waals surface area (Å²) in [4.78, 5) is 35.1. The lowest BCUT2D eigenvalue weighted by Crippen LogP contribution is -2.38. The van der Waals surface area contributed by atoms with E-state index in [9.17, 15) is 9.59 Å². The van der Waals surface area contributed by atoms with Gasteiger partial charge in [-0.1, -0.05) is 18.7 Å². The van der Waals surface area contributed by atoms with Crippen LogP contribution in [0, 0.1) is 0 Å². The summed E-state index contributed by atoms with van der Waals surface area (Å²) in [6, 6.07) is 11.9. The first-order chi connectivity index (χ1) is 16.4. The molecule has 8 heteroatoms. The molecule has 8 nitrogen and oxygen atoms in total. The van der Waals surface area contributed by atoms with E-state index in [1.807, 2.05) is 18.2 Å². The number of hydrogen-bond donors (Lipinski definition) is 2. The molecule has 2 amide bonds. The van der Waals surface area contributed by atoms with Gasteiger partial charge in [0, 0.05) is 32.4 Å². The van der Waals surface area contributed by atoms with Crippen molar-refractivity contribution < 1.29 is 9.59 Å². The average Bonchev–Trinajstić information content (AvgIpc) is 3.55. The van der Waals surface area contributed by atoms with Gasteiger partial charge < -0.3 is 25.8 Å². The van der Waals surface area contributed by atoms with Crippen LogP contribution in [-0.2, 0) is 11.2 Å². The molecular formula is C26H34N6O2. The first-order valence-corrected chi connectivity index (χ1v) is 12.0. The third-order valence-electron chi connectivity index (χ3n) is 6.84. The van der Waals surface area contributed by atoms with E-state index in [-0.39, 0.29) is 11.9 Å². The first kappa shape index (κ1) is 23.8. The van der Waals surface area contributed by atoms with Gasteiger partial charge in [0.15, 0.2) is 0 Å². The van der Waals surface area contributed by atoms with Crippen LogP contribution in [0.1, 0.15) is 35.2 Å². The third-order valence-corrected chi connectivity index (χ3v) is 6.84. The number of likely N-dealkylation sites (tertiary alicyclic amines) is 1. The van der Waals surface area contributed by atoms with Crippen LogP contribution in [0.2, 0.25) is 0 Å². The summed E-state index contributed by atoms with van der Waals surface area (Å²) in [5.41, 5.74) is 8.10. The predicted octanol–water partition coefficient (Wildman–Crippen LogP) is 2.79. The van der Waals surface area contributed by atoms with E-state index < -0.39 is 5.91 Å². The molecule has 4 rings (SSSR count). The summed E-state index contributed by atoms with van der Waals surface area (Å²) >= 11 is 0. The summed E-state index contributed by atoms with van der Waals surface area (Å²) in [5, 5.41) is 3.28. The zero-order chi connectivity index (χ0) is 24.1. The fourth-order valence-electron chi connectivity index (χ4n) is 4.69. The fraction of sp³-hybridized carbons (Fsp3) is 0.423. The minimum absolute atomic E-state index is 0.0879. The normalized spacial score (nSPS) is 18.1. The van der Waals surface area contributed by atoms with Crippen molar-refractivity contribution in [1.82, 2.24) is 14.8 Å². The fourth-order valence-corrected chi connectivity index (χ4v) is 4.69. The summed E-state index contributed by atoms with van der Waals surface area (Å²) in [6.45, 7) is 8.51. The van der Waals surface area contributed by atoms with Crippen LogP contribution in [0.3, 0.4) is 0 Å². The molecule has 1 aromatic carbocycles. The second-order valence-corrected chi connectivity index (χ2v) is 9.09. The van der Waals surface area contributed by atoms with Crippen molar-refractivity contribution in [2.45, 2.75) is 31.7 Å². The van der Waals surface area contributed by atoms with Crippen molar-refractivity contribution in [3.63, 3.8) is 0 Å². The van der Waals surface area contributed by atoms with Crippen LogP contribution in [0.4, 0.5) is 17.3 Å². The number of rotatable bonds is 9. The number of nitrogens with two attached hydrogens (primary N) is 1. The largest absolute Gasteiger partial charge is 0.365 e. The first-order valence-electron chi connectivity index (χ1n) is 12.0. The maximum atomic E-state index is 12.0. The minimum atomic E-state index is -0.528. The van der Waals surface area contributed by atoms with E-state index in [0.717, 1.165) is 37.4 Å². The van der Waals surface area contributed by atoms with Crippen LogP contribution >= 0.6 is 0 Å². The third kappa shape index (κ3) is 5.56. The Morgan fingerprint density at radius 3 is 2.59 bits per heavy atom. The Morgan fingerprint density at radius 1 is 1.18 bits per heavy atom. The number of nitrogens with one attached hydrogen (secondary N) is 1. The molecule has 0 spiro atoms. The lowest BCUT2D eigenvalue weighted by atomic mass is 10.1. The van der Waals surface area contributed by atoms with Crippen LogP contribution in [0.5, 0.6) is 0 Å². The average molecular weight is 463 g/mol. The van der Waals surface area contributed by atoms with Crippen LogP contribution in [-0.4, -0.2) is 72.4 Å².